The Balaban J connectivity index is 1.60. The minimum atomic E-state index is -0.364. The highest BCUT2D eigenvalue weighted by atomic mass is 16.7. The summed E-state index contributed by atoms with van der Waals surface area (Å²) in [5.74, 6) is 0. The van der Waals surface area contributed by atoms with Crippen LogP contribution < -0.4 is 5.46 Å². The summed E-state index contributed by atoms with van der Waals surface area (Å²) in [5.41, 5.74) is 6.11. The van der Waals surface area contributed by atoms with E-state index < -0.39 is 0 Å². The Morgan fingerprint density at radius 1 is 0.857 bits per heavy atom. The molecule has 3 nitrogen and oxygen atoms in total. The van der Waals surface area contributed by atoms with Crippen molar-refractivity contribution in [1.29, 1.82) is 0 Å². The van der Waals surface area contributed by atoms with Crippen molar-refractivity contribution in [2.75, 3.05) is 0 Å². The number of aromatic nitrogens is 1. The van der Waals surface area contributed by atoms with Gasteiger partial charge in [-0.2, -0.15) is 0 Å². The summed E-state index contributed by atoms with van der Waals surface area (Å²) in [5, 5.41) is 2.46. The zero-order valence-electron chi connectivity index (χ0n) is 21.2. The number of para-hydroxylation sites is 1. The average molecular weight is 461 g/mol. The van der Waals surface area contributed by atoms with Crippen LogP contribution in [0.25, 0.3) is 33.1 Å². The lowest BCUT2D eigenvalue weighted by Gasteiger charge is -2.32. The Kier molecular flexibility index (Phi) is 5.82. The fraction of sp³-hybridized carbons (Fsp3) is 0.226. The standard InChI is InChI=1S/C31H32BNO2/c1-7-11-22(12-8-2)23-15-20-29-27(21-23)26-13-9-10-14-28(26)33(29)25-18-16-24(17-19-25)32-34-30(3,4)31(5,6)35-32/h7-21H,1H2,2-6H3/b12-8-,22-11+. The Morgan fingerprint density at radius 2 is 1.51 bits per heavy atom. The number of hydrogen-bond acceptors (Lipinski definition) is 2. The number of nitrogens with zero attached hydrogens (tertiary/aromatic N) is 1. The zero-order chi connectivity index (χ0) is 24.8. The van der Waals surface area contributed by atoms with E-state index in [4.69, 9.17) is 9.31 Å². The van der Waals surface area contributed by atoms with Crippen LogP contribution in [0.4, 0.5) is 0 Å². The summed E-state index contributed by atoms with van der Waals surface area (Å²) >= 11 is 0. The molecular weight excluding hydrogens is 429 g/mol. The monoisotopic (exact) mass is 461 g/mol. The van der Waals surface area contributed by atoms with Crippen LogP contribution in [-0.2, 0) is 9.31 Å². The molecule has 0 atom stereocenters. The molecule has 4 aromatic rings. The van der Waals surface area contributed by atoms with Gasteiger partial charge in [0.05, 0.1) is 22.2 Å². The van der Waals surface area contributed by atoms with E-state index in [0.29, 0.717) is 0 Å². The quantitative estimate of drug-likeness (QED) is 0.231. The van der Waals surface area contributed by atoms with Crippen molar-refractivity contribution in [3.63, 3.8) is 0 Å². The normalized spacial score (nSPS) is 17.6. The predicted molar refractivity (Wildman–Crippen MR) is 149 cm³/mol. The molecule has 35 heavy (non-hydrogen) atoms. The second-order valence-corrected chi connectivity index (χ2v) is 10.1. The Hall–Kier alpha value is -3.34. The molecule has 0 amide bonds. The van der Waals surface area contributed by atoms with Gasteiger partial charge in [-0.3, -0.25) is 0 Å². The van der Waals surface area contributed by atoms with Gasteiger partial charge in [-0.15, -0.1) is 0 Å². The van der Waals surface area contributed by atoms with E-state index in [9.17, 15) is 0 Å². The SMILES string of the molecule is C=C/C=C(\C=C/C)c1ccc2c(c1)c1ccccc1n2-c1ccc(B2OC(C)(C)C(C)(C)O2)cc1. The molecular formula is C31H32BNO2. The molecule has 0 unspecified atom stereocenters. The maximum Gasteiger partial charge on any atom is 0.494 e. The molecule has 1 saturated heterocycles. The maximum absolute atomic E-state index is 6.25. The Labute approximate surface area is 208 Å². The van der Waals surface area contributed by atoms with Crippen molar-refractivity contribution < 1.29 is 9.31 Å². The van der Waals surface area contributed by atoms with Gasteiger partial charge >= 0.3 is 7.12 Å². The molecule has 0 saturated carbocycles. The van der Waals surface area contributed by atoms with Gasteiger partial charge in [0.2, 0.25) is 0 Å². The largest absolute Gasteiger partial charge is 0.494 e. The number of benzene rings is 3. The first-order valence-corrected chi connectivity index (χ1v) is 12.2. The third kappa shape index (κ3) is 3.97. The first-order valence-electron chi connectivity index (χ1n) is 12.2. The van der Waals surface area contributed by atoms with Crippen LogP contribution in [0, 0.1) is 0 Å². The van der Waals surface area contributed by atoms with Gasteiger partial charge in [-0.05, 0) is 81.5 Å². The highest BCUT2D eigenvalue weighted by Gasteiger charge is 2.51. The second-order valence-electron chi connectivity index (χ2n) is 10.1. The molecule has 1 aromatic heterocycles. The van der Waals surface area contributed by atoms with Gasteiger partial charge in [0.1, 0.15) is 0 Å². The molecule has 0 spiro atoms. The molecule has 4 heteroatoms. The molecule has 1 aliphatic heterocycles. The third-order valence-electron chi connectivity index (χ3n) is 7.33. The topological polar surface area (TPSA) is 23.4 Å². The number of hydrogen-bond donors (Lipinski definition) is 0. The lowest BCUT2D eigenvalue weighted by atomic mass is 9.79. The fourth-order valence-electron chi connectivity index (χ4n) is 4.74. The van der Waals surface area contributed by atoms with Crippen molar-refractivity contribution in [2.24, 2.45) is 0 Å². The van der Waals surface area contributed by atoms with Gasteiger partial charge in [-0.25, -0.2) is 0 Å². The summed E-state index contributed by atoms with van der Waals surface area (Å²) in [7, 11) is -0.364. The van der Waals surface area contributed by atoms with E-state index in [1.54, 1.807) is 0 Å². The summed E-state index contributed by atoms with van der Waals surface area (Å²) < 4.78 is 14.8. The third-order valence-corrected chi connectivity index (χ3v) is 7.33. The number of fused-ring (bicyclic) bond motifs is 3. The smallest absolute Gasteiger partial charge is 0.399 e. The second kappa shape index (κ2) is 8.71. The zero-order valence-corrected chi connectivity index (χ0v) is 21.2. The Morgan fingerprint density at radius 3 is 2.17 bits per heavy atom. The Bertz CT molecular complexity index is 1460. The van der Waals surface area contributed by atoms with Gasteiger partial charge < -0.3 is 13.9 Å². The highest BCUT2D eigenvalue weighted by molar-refractivity contribution is 6.62. The maximum atomic E-state index is 6.25. The molecule has 5 rings (SSSR count). The van der Waals surface area contributed by atoms with Crippen molar-refractivity contribution in [2.45, 2.75) is 45.8 Å². The summed E-state index contributed by atoms with van der Waals surface area (Å²) in [4.78, 5) is 0. The molecule has 2 heterocycles. The lowest BCUT2D eigenvalue weighted by Crippen LogP contribution is -2.41. The summed E-state index contributed by atoms with van der Waals surface area (Å²) in [6.07, 6.45) is 8.07. The van der Waals surface area contributed by atoms with Gasteiger partial charge in [0.15, 0.2) is 0 Å². The van der Waals surface area contributed by atoms with Gasteiger partial charge in [0.25, 0.3) is 0 Å². The number of rotatable bonds is 5. The molecule has 1 fully saturated rings. The van der Waals surface area contributed by atoms with E-state index >= 15 is 0 Å². The fourth-order valence-corrected chi connectivity index (χ4v) is 4.74. The van der Waals surface area contributed by atoms with Crippen LogP contribution in [0.2, 0.25) is 0 Å². The van der Waals surface area contributed by atoms with Crippen LogP contribution >= 0.6 is 0 Å². The van der Waals surface area contributed by atoms with Crippen molar-refractivity contribution in [1.82, 2.24) is 4.57 Å². The van der Waals surface area contributed by atoms with Crippen LogP contribution in [0.3, 0.4) is 0 Å². The van der Waals surface area contributed by atoms with Crippen LogP contribution in [-0.4, -0.2) is 22.9 Å². The van der Waals surface area contributed by atoms with Gasteiger partial charge in [0, 0.05) is 16.5 Å². The average Bonchev–Trinajstić information content (AvgIpc) is 3.28. The molecule has 0 bridgehead atoms. The van der Waals surface area contributed by atoms with E-state index in [-0.39, 0.29) is 18.3 Å². The first kappa shape index (κ1) is 23.4. The molecule has 176 valence electrons. The molecule has 0 N–H and O–H groups in total. The van der Waals surface area contributed by atoms with Crippen molar-refractivity contribution >= 4 is 40.0 Å². The van der Waals surface area contributed by atoms with E-state index in [1.165, 1.54) is 27.4 Å². The molecule has 3 aromatic carbocycles. The number of allylic oxidation sites excluding steroid dienone is 5. The van der Waals surface area contributed by atoms with Crippen molar-refractivity contribution in [3.05, 3.63) is 103 Å². The molecule has 0 radical (unpaired) electrons. The van der Waals surface area contributed by atoms with Crippen LogP contribution in [0.15, 0.2) is 97.6 Å². The van der Waals surface area contributed by atoms with Gasteiger partial charge in [-0.1, -0.05) is 67.3 Å². The van der Waals surface area contributed by atoms with E-state index in [0.717, 1.165) is 16.7 Å². The minimum absolute atomic E-state index is 0.354. The lowest BCUT2D eigenvalue weighted by molar-refractivity contribution is 0.00578. The van der Waals surface area contributed by atoms with Crippen LogP contribution in [0.1, 0.15) is 40.2 Å². The summed E-state index contributed by atoms with van der Waals surface area (Å²) in [6, 6.07) is 23.8. The molecule has 0 aliphatic carbocycles. The predicted octanol–water partition coefficient (Wildman–Crippen LogP) is 7.23. The van der Waals surface area contributed by atoms with Crippen molar-refractivity contribution in [3.8, 4) is 5.69 Å². The highest BCUT2D eigenvalue weighted by Crippen LogP contribution is 2.37. The first-order chi connectivity index (χ1) is 16.8. The summed E-state index contributed by atoms with van der Waals surface area (Å²) in [6.45, 7) is 14.3. The molecule has 1 aliphatic rings. The minimum Gasteiger partial charge on any atom is -0.399 e. The van der Waals surface area contributed by atoms with E-state index in [2.05, 4.69) is 124 Å². The van der Waals surface area contributed by atoms with E-state index in [1.807, 2.05) is 13.0 Å². The van der Waals surface area contributed by atoms with Crippen LogP contribution in [0.5, 0.6) is 0 Å².